The molecule has 0 radical (unpaired) electrons. The van der Waals surface area contributed by atoms with Gasteiger partial charge in [0.25, 0.3) is 0 Å². The Balaban J connectivity index is 2.20. The number of hydrogen-bond donors (Lipinski definition) is 1. The van der Waals surface area contributed by atoms with E-state index in [1.807, 2.05) is 23.9 Å². The van der Waals surface area contributed by atoms with Crippen LogP contribution in [-0.2, 0) is 6.54 Å². The highest BCUT2D eigenvalue weighted by molar-refractivity contribution is 7.99. The van der Waals surface area contributed by atoms with Crippen LogP contribution in [0.3, 0.4) is 0 Å². The lowest BCUT2D eigenvalue weighted by Crippen LogP contribution is -2.02. The molecule has 0 atom stereocenters. The summed E-state index contributed by atoms with van der Waals surface area (Å²) in [5.74, 6) is 3.16. The second kappa shape index (κ2) is 7.54. The first-order valence-corrected chi connectivity index (χ1v) is 6.37. The average Bonchev–Trinajstić information content (AvgIpc) is 2.30. The van der Waals surface area contributed by atoms with Crippen molar-refractivity contribution in [1.82, 2.24) is 4.98 Å². The van der Waals surface area contributed by atoms with Crippen molar-refractivity contribution in [2.75, 3.05) is 18.1 Å². The molecule has 15 heavy (non-hydrogen) atoms. The molecule has 0 spiro atoms. The third kappa shape index (κ3) is 5.04. The molecule has 0 saturated carbocycles. The molecule has 0 aliphatic rings. The van der Waals surface area contributed by atoms with Crippen molar-refractivity contribution in [3.05, 3.63) is 24.0 Å². The van der Waals surface area contributed by atoms with E-state index in [9.17, 15) is 0 Å². The van der Waals surface area contributed by atoms with Crippen LogP contribution < -0.4 is 10.5 Å². The van der Waals surface area contributed by atoms with Gasteiger partial charge in [-0.1, -0.05) is 6.92 Å². The summed E-state index contributed by atoms with van der Waals surface area (Å²) in [4.78, 5) is 4.16. The van der Waals surface area contributed by atoms with Crippen molar-refractivity contribution in [3.63, 3.8) is 0 Å². The van der Waals surface area contributed by atoms with Gasteiger partial charge in [-0.3, -0.25) is 4.98 Å². The molecular weight excluding hydrogens is 208 g/mol. The molecule has 1 heterocycles. The number of aromatic nitrogens is 1. The first kappa shape index (κ1) is 12.3. The van der Waals surface area contributed by atoms with Crippen LogP contribution in [0.5, 0.6) is 5.75 Å². The van der Waals surface area contributed by atoms with Gasteiger partial charge in [0, 0.05) is 6.54 Å². The van der Waals surface area contributed by atoms with Gasteiger partial charge in [-0.15, -0.1) is 0 Å². The first-order valence-electron chi connectivity index (χ1n) is 5.22. The lowest BCUT2D eigenvalue weighted by molar-refractivity contribution is 0.317. The lowest BCUT2D eigenvalue weighted by Gasteiger charge is -2.05. The van der Waals surface area contributed by atoms with Gasteiger partial charge < -0.3 is 10.5 Å². The average molecular weight is 226 g/mol. The van der Waals surface area contributed by atoms with E-state index in [4.69, 9.17) is 10.5 Å². The summed E-state index contributed by atoms with van der Waals surface area (Å²) in [6.07, 6.45) is 2.81. The number of pyridine rings is 1. The van der Waals surface area contributed by atoms with Crippen molar-refractivity contribution in [1.29, 1.82) is 0 Å². The maximum atomic E-state index is 5.54. The molecule has 0 bridgehead atoms. The minimum Gasteiger partial charge on any atom is -0.492 e. The summed E-state index contributed by atoms with van der Waals surface area (Å²) in [6.45, 7) is 3.41. The van der Waals surface area contributed by atoms with Gasteiger partial charge in [0.15, 0.2) is 0 Å². The Morgan fingerprint density at radius 2 is 2.33 bits per heavy atom. The molecule has 0 unspecified atom stereocenters. The van der Waals surface area contributed by atoms with E-state index in [2.05, 4.69) is 11.9 Å². The zero-order valence-electron chi connectivity index (χ0n) is 9.11. The van der Waals surface area contributed by atoms with Crippen molar-refractivity contribution in [2.24, 2.45) is 5.73 Å². The van der Waals surface area contributed by atoms with E-state index < -0.39 is 0 Å². The van der Waals surface area contributed by atoms with E-state index in [0.717, 1.165) is 30.2 Å². The summed E-state index contributed by atoms with van der Waals surface area (Å²) in [5, 5.41) is 0. The van der Waals surface area contributed by atoms with Gasteiger partial charge in [0.05, 0.1) is 18.5 Å². The van der Waals surface area contributed by atoms with E-state index in [0.29, 0.717) is 6.54 Å². The Labute approximate surface area is 95.4 Å². The summed E-state index contributed by atoms with van der Waals surface area (Å²) in [5.41, 5.74) is 6.34. The number of nitrogens with zero attached hydrogens (tertiary/aromatic N) is 1. The van der Waals surface area contributed by atoms with Crippen LogP contribution in [0.2, 0.25) is 0 Å². The van der Waals surface area contributed by atoms with Crippen LogP contribution in [0.15, 0.2) is 18.3 Å². The molecule has 4 heteroatoms. The molecule has 0 fully saturated rings. The highest BCUT2D eigenvalue weighted by Crippen LogP contribution is 2.09. The van der Waals surface area contributed by atoms with Gasteiger partial charge in [0.2, 0.25) is 0 Å². The van der Waals surface area contributed by atoms with Crippen LogP contribution in [0.1, 0.15) is 19.0 Å². The zero-order valence-corrected chi connectivity index (χ0v) is 9.93. The molecule has 0 aromatic carbocycles. The minimum absolute atomic E-state index is 0.480. The fraction of sp³-hybridized carbons (Fsp3) is 0.545. The number of rotatable bonds is 7. The fourth-order valence-electron chi connectivity index (χ4n) is 1.11. The summed E-state index contributed by atoms with van der Waals surface area (Å²) >= 11 is 1.94. The summed E-state index contributed by atoms with van der Waals surface area (Å²) in [6, 6.07) is 3.82. The molecule has 84 valence electrons. The second-order valence-corrected chi connectivity index (χ2v) is 4.48. The van der Waals surface area contributed by atoms with Gasteiger partial charge >= 0.3 is 0 Å². The Morgan fingerprint density at radius 3 is 2.93 bits per heavy atom. The molecule has 1 rings (SSSR count). The minimum atomic E-state index is 0.480. The molecule has 0 amide bonds. The molecule has 2 N–H and O–H groups in total. The molecule has 3 nitrogen and oxygen atoms in total. The maximum Gasteiger partial charge on any atom is 0.137 e. The van der Waals surface area contributed by atoms with Crippen LogP contribution in [-0.4, -0.2) is 23.1 Å². The highest BCUT2D eigenvalue weighted by atomic mass is 32.2. The van der Waals surface area contributed by atoms with Gasteiger partial charge in [-0.05, 0) is 30.1 Å². The predicted molar refractivity (Wildman–Crippen MR) is 65.2 cm³/mol. The predicted octanol–water partition coefficient (Wildman–Crippen LogP) is 2.06. The Morgan fingerprint density at radius 1 is 1.47 bits per heavy atom. The monoisotopic (exact) mass is 226 g/mol. The van der Waals surface area contributed by atoms with E-state index in [1.165, 1.54) is 5.75 Å². The molecule has 1 aromatic heterocycles. The number of thioether (sulfide) groups is 1. The van der Waals surface area contributed by atoms with Crippen LogP contribution in [0.25, 0.3) is 0 Å². The molecule has 1 aromatic rings. The van der Waals surface area contributed by atoms with E-state index in [-0.39, 0.29) is 0 Å². The summed E-state index contributed by atoms with van der Waals surface area (Å²) < 4.78 is 5.54. The normalized spacial score (nSPS) is 10.3. The van der Waals surface area contributed by atoms with E-state index in [1.54, 1.807) is 6.20 Å². The van der Waals surface area contributed by atoms with Gasteiger partial charge in [0.1, 0.15) is 5.75 Å². The topological polar surface area (TPSA) is 48.1 Å². The van der Waals surface area contributed by atoms with Crippen molar-refractivity contribution in [2.45, 2.75) is 19.9 Å². The highest BCUT2D eigenvalue weighted by Gasteiger charge is 1.95. The van der Waals surface area contributed by atoms with Crippen LogP contribution >= 0.6 is 11.8 Å². The Hall–Kier alpha value is -0.740. The maximum absolute atomic E-state index is 5.54. The van der Waals surface area contributed by atoms with Crippen molar-refractivity contribution in [3.8, 4) is 5.75 Å². The van der Waals surface area contributed by atoms with Crippen LogP contribution in [0, 0.1) is 0 Å². The Bertz CT molecular complexity index is 264. The zero-order chi connectivity index (χ0) is 10.9. The molecule has 0 aliphatic heterocycles. The smallest absolute Gasteiger partial charge is 0.137 e. The molecular formula is C11H18N2OS. The summed E-state index contributed by atoms with van der Waals surface area (Å²) in [7, 11) is 0. The number of nitrogens with two attached hydrogens (primary N) is 1. The standard InChI is InChI=1S/C11H18N2OS/c1-2-15-7-3-6-14-11-5-4-10(8-12)13-9-11/h4-5,9H,2-3,6-8,12H2,1H3. The largest absolute Gasteiger partial charge is 0.492 e. The van der Waals surface area contributed by atoms with Crippen LogP contribution in [0.4, 0.5) is 0 Å². The second-order valence-electron chi connectivity index (χ2n) is 3.09. The van der Waals surface area contributed by atoms with Crippen molar-refractivity contribution >= 4 is 11.8 Å². The SMILES string of the molecule is CCSCCCOc1ccc(CN)nc1. The first-order chi connectivity index (χ1) is 7.36. The van der Waals surface area contributed by atoms with Gasteiger partial charge in [-0.25, -0.2) is 0 Å². The third-order valence-electron chi connectivity index (χ3n) is 1.91. The van der Waals surface area contributed by atoms with Gasteiger partial charge in [-0.2, -0.15) is 11.8 Å². The molecule has 0 saturated heterocycles. The van der Waals surface area contributed by atoms with E-state index >= 15 is 0 Å². The number of ether oxygens (including phenoxy) is 1. The fourth-order valence-corrected chi connectivity index (χ4v) is 1.72. The van der Waals surface area contributed by atoms with Crippen molar-refractivity contribution < 1.29 is 4.74 Å². The molecule has 0 aliphatic carbocycles. The Kier molecular flexibility index (Phi) is 6.20. The quantitative estimate of drug-likeness (QED) is 0.723. The third-order valence-corrected chi connectivity index (χ3v) is 2.90. The number of hydrogen-bond acceptors (Lipinski definition) is 4. The lowest BCUT2D eigenvalue weighted by atomic mass is 10.3.